The third-order valence-corrected chi connectivity index (χ3v) is 9.34. The summed E-state index contributed by atoms with van der Waals surface area (Å²) in [6, 6.07) is 33.4. The van der Waals surface area contributed by atoms with Crippen LogP contribution in [0.5, 0.6) is 11.5 Å². The largest absolute Gasteiger partial charge is 0.489 e. The Morgan fingerprint density at radius 1 is 0.750 bits per heavy atom. The van der Waals surface area contributed by atoms with E-state index in [-0.39, 0.29) is 24.9 Å². The number of ketones is 1. The zero-order valence-electron chi connectivity index (χ0n) is 32.2. The summed E-state index contributed by atoms with van der Waals surface area (Å²) in [5, 5.41) is 14.1. The van der Waals surface area contributed by atoms with E-state index in [1.165, 1.54) is 0 Å². The minimum atomic E-state index is -1.77. The number of carbonyl (C=O) groups excluding carboxylic acids is 4. The highest BCUT2D eigenvalue weighted by atomic mass is 16.7. The van der Waals surface area contributed by atoms with Crippen molar-refractivity contribution in [2.75, 3.05) is 13.2 Å². The molecule has 0 saturated heterocycles. The zero-order valence-corrected chi connectivity index (χ0v) is 32.2. The van der Waals surface area contributed by atoms with Crippen molar-refractivity contribution < 1.29 is 38.2 Å². The summed E-state index contributed by atoms with van der Waals surface area (Å²) in [6.45, 7) is 8.29. The van der Waals surface area contributed by atoms with Crippen molar-refractivity contribution in [2.24, 2.45) is 11.1 Å². The topological polar surface area (TPSA) is 142 Å². The molecule has 0 bridgehead atoms. The fraction of sp³-hybridized carbons (Fsp3) is 0.311. The predicted octanol–water partition coefficient (Wildman–Crippen LogP) is 7.21. The summed E-state index contributed by atoms with van der Waals surface area (Å²) in [7, 11) is 0. The highest BCUT2D eigenvalue weighted by Crippen LogP contribution is 2.30. The number of esters is 1. The van der Waals surface area contributed by atoms with Crippen molar-refractivity contribution in [3.63, 3.8) is 0 Å². The maximum atomic E-state index is 14.5. The van der Waals surface area contributed by atoms with Crippen LogP contribution in [0.25, 0.3) is 21.5 Å². The van der Waals surface area contributed by atoms with Crippen molar-refractivity contribution in [3.8, 4) is 11.5 Å². The van der Waals surface area contributed by atoms with Gasteiger partial charge >= 0.3 is 5.97 Å². The van der Waals surface area contributed by atoms with Crippen molar-refractivity contribution in [3.05, 3.63) is 121 Å². The van der Waals surface area contributed by atoms with Gasteiger partial charge in [-0.2, -0.15) is 0 Å². The molecule has 1 aliphatic rings. The molecule has 3 atom stereocenters. The monoisotopic (exact) mass is 757 g/mol. The molecule has 56 heavy (non-hydrogen) atoms. The molecule has 2 N–H and O–H groups in total. The van der Waals surface area contributed by atoms with E-state index in [1.54, 1.807) is 57.2 Å². The van der Waals surface area contributed by atoms with E-state index in [4.69, 9.17) is 19.0 Å². The molecule has 6 rings (SSSR count). The maximum absolute atomic E-state index is 14.5. The SMILES string of the molecule is CC(C)[C@H](NC(=O)c1ccc2ccccc2c1)C1=NOC(COc2ccccc2)(C(=O)N[C@@H](CC(=O)OC(C)(C)C)C(=O)COc2ccc3ccccc3c2)C1. The molecule has 0 saturated carbocycles. The van der Waals surface area contributed by atoms with Crippen LogP contribution in [0.3, 0.4) is 0 Å². The number of nitrogens with zero attached hydrogens (tertiary/aromatic N) is 1. The molecular weight excluding hydrogens is 711 g/mol. The minimum Gasteiger partial charge on any atom is -0.489 e. The van der Waals surface area contributed by atoms with Crippen molar-refractivity contribution >= 4 is 50.8 Å². The quantitative estimate of drug-likeness (QED) is 0.107. The van der Waals surface area contributed by atoms with Crippen LogP contribution in [0.2, 0.25) is 0 Å². The fourth-order valence-electron chi connectivity index (χ4n) is 6.44. The molecular formula is C45H47N3O8. The van der Waals surface area contributed by atoms with E-state index in [2.05, 4.69) is 15.8 Å². The molecule has 11 heteroatoms. The van der Waals surface area contributed by atoms with Gasteiger partial charge < -0.3 is 29.7 Å². The Hall–Kier alpha value is -6.23. The second-order valence-electron chi connectivity index (χ2n) is 15.3. The standard InChI is InChI=1S/C45H47N3O8/c1-29(2)41(47-42(51)34-20-19-30-13-9-11-15-32(30)23-34)38-26-45(56-48-38,28-54-35-17-7-6-8-18-35)43(52)46-37(25-40(50)55-44(3,4)5)39(49)27-53-36-22-21-31-14-10-12-16-33(31)24-36/h6-24,29,37,41H,25-28H2,1-5H3,(H,46,52)(H,47,51)/t37-,41-,45?/m0/s1. The van der Waals surface area contributed by atoms with E-state index >= 15 is 0 Å². The van der Waals surface area contributed by atoms with Crippen LogP contribution in [-0.4, -0.2) is 65.8 Å². The maximum Gasteiger partial charge on any atom is 0.308 e. The van der Waals surface area contributed by atoms with Crippen LogP contribution in [0.4, 0.5) is 0 Å². The number of para-hydroxylation sites is 1. The van der Waals surface area contributed by atoms with Crippen LogP contribution in [-0.2, 0) is 24.0 Å². The van der Waals surface area contributed by atoms with E-state index in [0.717, 1.165) is 21.5 Å². The van der Waals surface area contributed by atoms with Crippen molar-refractivity contribution in [1.29, 1.82) is 0 Å². The van der Waals surface area contributed by atoms with Gasteiger partial charge in [0.1, 0.15) is 36.4 Å². The Kier molecular flexibility index (Phi) is 12.0. The first-order valence-electron chi connectivity index (χ1n) is 18.7. The van der Waals surface area contributed by atoms with Crippen LogP contribution in [0.15, 0.2) is 120 Å². The zero-order chi connectivity index (χ0) is 39.9. The average Bonchev–Trinajstić information content (AvgIpc) is 3.62. The Labute approximate surface area is 326 Å². The second kappa shape index (κ2) is 17.1. The number of Topliss-reactive ketones (excluding diaryl/α,β-unsaturated/α-hetero) is 1. The number of fused-ring (bicyclic) bond motifs is 2. The fourth-order valence-corrected chi connectivity index (χ4v) is 6.44. The van der Waals surface area contributed by atoms with E-state index in [9.17, 15) is 19.2 Å². The number of hydrogen-bond donors (Lipinski definition) is 2. The summed E-state index contributed by atoms with van der Waals surface area (Å²) in [5.41, 5.74) is -1.71. The number of carbonyl (C=O) groups is 4. The Balaban J connectivity index is 1.23. The first kappa shape index (κ1) is 39.5. The van der Waals surface area contributed by atoms with Crippen LogP contribution in [0.1, 0.15) is 57.8 Å². The van der Waals surface area contributed by atoms with Crippen molar-refractivity contribution in [1.82, 2.24) is 10.6 Å². The highest BCUT2D eigenvalue weighted by molar-refractivity contribution is 6.04. The van der Waals surface area contributed by atoms with E-state index in [1.807, 2.05) is 92.7 Å². The first-order valence-corrected chi connectivity index (χ1v) is 18.7. The van der Waals surface area contributed by atoms with Crippen LogP contribution in [0, 0.1) is 5.92 Å². The number of benzene rings is 5. The number of hydrogen-bond acceptors (Lipinski definition) is 9. The molecule has 5 aromatic rings. The molecule has 0 aromatic heterocycles. The predicted molar refractivity (Wildman–Crippen MR) is 215 cm³/mol. The highest BCUT2D eigenvalue weighted by Gasteiger charge is 2.51. The van der Waals surface area contributed by atoms with E-state index < -0.39 is 54.0 Å². The summed E-state index contributed by atoms with van der Waals surface area (Å²) in [5.74, 6) is -1.50. The molecule has 11 nitrogen and oxygen atoms in total. The number of oxime groups is 1. The van der Waals surface area contributed by atoms with Gasteiger partial charge in [0.05, 0.1) is 18.2 Å². The number of amides is 2. The number of ether oxygens (including phenoxy) is 3. The lowest BCUT2D eigenvalue weighted by atomic mass is 9.89. The van der Waals surface area contributed by atoms with Gasteiger partial charge in [0.2, 0.25) is 0 Å². The lowest BCUT2D eigenvalue weighted by Crippen LogP contribution is -2.57. The smallest absolute Gasteiger partial charge is 0.308 e. The number of nitrogens with one attached hydrogen (secondary N) is 2. The first-order chi connectivity index (χ1) is 26.8. The van der Waals surface area contributed by atoms with Gasteiger partial charge in [-0.1, -0.05) is 97.9 Å². The molecule has 1 aliphatic heterocycles. The molecule has 1 heterocycles. The Bertz CT molecular complexity index is 2250. The molecule has 0 aliphatic carbocycles. The summed E-state index contributed by atoms with van der Waals surface area (Å²) < 4.78 is 17.5. The van der Waals surface area contributed by atoms with E-state index in [0.29, 0.717) is 22.8 Å². The Morgan fingerprint density at radius 2 is 1.38 bits per heavy atom. The summed E-state index contributed by atoms with van der Waals surface area (Å²) >= 11 is 0. The molecule has 1 unspecified atom stereocenters. The second-order valence-corrected chi connectivity index (χ2v) is 15.3. The van der Waals surface area contributed by atoms with Gasteiger partial charge in [0.15, 0.2) is 5.78 Å². The lowest BCUT2D eigenvalue weighted by molar-refractivity contribution is -0.157. The normalized spacial score (nSPS) is 16.4. The molecule has 2 amide bonds. The van der Waals surface area contributed by atoms with Crippen LogP contribution >= 0.6 is 0 Å². The van der Waals surface area contributed by atoms with Gasteiger partial charge in [0, 0.05) is 12.0 Å². The summed E-state index contributed by atoms with van der Waals surface area (Å²) in [6.07, 6.45) is -0.532. The van der Waals surface area contributed by atoms with Gasteiger partial charge in [-0.25, -0.2) is 0 Å². The van der Waals surface area contributed by atoms with Crippen LogP contribution < -0.4 is 20.1 Å². The third kappa shape index (κ3) is 9.89. The third-order valence-electron chi connectivity index (χ3n) is 9.34. The summed E-state index contributed by atoms with van der Waals surface area (Å²) in [4.78, 5) is 61.0. The van der Waals surface area contributed by atoms with Crippen molar-refractivity contribution in [2.45, 2.75) is 70.7 Å². The van der Waals surface area contributed by atoms with Gasteiger partial charge in [-0.05, 0) is 84.6 Å². The number of rotatable bonds is 15. The molecule has 290 valence electrons. The lowest BCUT2D eigenvalue weighted by Gasteiger charge is -2.29. The van der Waals surface area contributed by atoms with Gasteiger partial charge in [0.25, 0.3) is 17.4 Å². The van der Waals surface area contributed by atoms with Gasteiger partial charge in [-0.3, -0.25) is 19.2 Å². The average molecular weight is 758 g/mol. The molecule has 0 spiro atoms. The molecule has 5 aromatic carbocycles. The minimum absolute atomic E-state index is 0.0759. The molecule has 0 fully saturated rings. The van der Waals surface area contributed by atoms with Gasteiger partial charge in [-0.15, -0.1) is 0 Å². The Morgan fingerprint density at radius 3 is 2.04 bits per heavy atom. The molecule has 0 radical (unpaired) electrons.